The summed E-state index contributed by atoms with van der Waals surface area (Å²) >= 11 is 0. The van der Waals surface area contributed by atoms with E-state index in [2.05, 4.69) is 0 Å². The summed E-state index contributed by atoms with van der Waals surface area (Å²) in [5, 5.41) is 0. The van der Waals surface area contributed by atoms with Crippen LogP contribution in [0.4, 0.5) is 0 Å². The first kappa shape index (κ1) is 14.4. The van der Waals surface area contributed by atoms with Crippen LogP contribution in [0.1, 0.15) is 5.56 Å². The average Bonchev–Trinajstić information content (AvgIpc) is 2.52. The lowest BCUT2D eigenvalue weighted by molar-refractivity contribution is -0.129. The van der Waals surface area contributed by atoms with Gasteiger partial charge in [-0.15, -0.1) is 0 Å². The number of ether oxygens (including phenoxy) is 3. The maximum Gasteiger partial charge on any atom is 0.246 e. The maximum absolute atomic E-state index is 12.0. The van der Waals surface area contributed by atoms with Gasteiger partial charge in [0.15, 0.2) is 11.5 Å². The number of rotatable bonds is 4. The fourth-order valence-corrected chi connectivity index (χ4v) is 2.09. The van der Waals surface area contributed by atoms with Gasteiger partial charge in [0.25, 0.3) is 0 Å². The molecule has 0 aliphatic carbocycles. The van der Waals surface area contributed by atoms with E-state index in [1.807, 2.05) is 18.2 Å². The molecule has 0 bridgehead atoms. The number of carbonyl (C=O) groups excluding carboxylic acids is 1. The minimum Gasteiger partial charge on any atom is -0.493 e. The van der Waals surface area contributed by atoms with Crippen LogP contribution in [0.2, 0.25) is 0 Å². The van der Waals surface area contributed by atoms with E-state index in [-0.39, 0.29) is 5.91 Å². The predicted octanol–water partition coefficient (Wildman–Crippen LogP) is 1.58. The van der Waals surface area contributed by atoms with E-state index in [4.69, 9.17) is 14.2 Å². The summed E-state index contributed by atoms with van der Waals surface area (Å²) in [7, 11) is 3.17. The molecule has 1 saturated heterocycles. The van der Waals surface area contributed by atoms with Crippen molar-refractivity contribution in [3.05, 3.63) is 29.8 Å². The molecule has 0 radical (unpaired) electrons. The monoisotopic (exact) mass is 277 g/mol. The first-order chi connectivity index (χ1) is 9.76. The van der Waals surface area contributed by atoms with Gasteiger partial charge in [-0.3, -0.25) is 4.79 Å². The van der Waals surface area contributed by atoms with Gasteiger partial charge in [0.2, 0.25) is 5.91 Å². The zero-order chi connectivity index (χ0) is 14.4. The number of morpholine rings is 1. The Hall–Kier alpha value is -2.01. The van der Waals surface area contributed by atoms with Crippen LogP contribution in [-0.4, -0.2) is 51.3 Å². The highest BCUT2D eigenvalue weighted by atomic mass is 16.5. The van der Waals surface area contributed by atoms with Crippen molar-refractivity contribution in [2.75, 3.05) is 40.5 Å². The van der Waals surface area contributed by atoms with E-state index in [1.54, 1.807) is 31.3 Å². The first-order valence-corrected chi connectivity index (χ1v) is 6.52. The Morgan fingerprint density at radius 3 is 2.65 bits per heavy atom. The van der Waals surface area contributed by atoms with E-state index >= 15 is 0 Å². The number of nitrogens with zero attached hydrogens (tertiary/aromatic N) is 1. The molecule has 0 N–H and O–H groups in total. The fourth-order valence-electron chi connectivity index (χ4n) is 2.09. The highest BCUT2D eigenvalue weighted by Gasteiger charge is 2.14. The van der Waals surface area contributed by atoms with Crippen molar-refractivity contribution in [2.45, 2.75) is 0 Å². The summed E-state index contributed by atoms with van der Waals surface area (Å²) in [5.41, 5.74) is 0.813. The van der Waals surface area contributed by atoms with Gasteiger partial charge < -0.3 is 19.1 Å². The molecule has 2 rings (SSSR count). The lowest BCUT2D eigenvalue weighted by atomic mass is 10.1. The minimum atomic E-state index is -0.0156. The normalized spacial score (nSPS) is 15.4. The summed E-state index contributed by atoms with van der Waals surface area (Å²) in [6.45, 7) is 2.47. The zero-order valence-corrected chi connectivity index (χ0v) is 11.8. The van der Waals surface area contributed by atoms with Crippen molar-refractivity contribution >= 4 is 12.0 Å². The SMILES string of the molecule is COc1cccc(/C=C/C(=O)N2CCOCC2)c1OC. The number of para-hydroxylation sites is 1. The average molecular weight is 277 g/mol. The standard InChI is InChI=1S/C15H19NO4/c1-18-13-5-3-4-12(15(13)19-2)6-7-14(17)16-8-10-20-11-9-16/h3-7H,8-11H2,1-2H3/b7-6+. The molecule has 0 unspecified atom stereocenters. The van der Waals surface area contributed by atoms with Gasteiger partial charge in [0.05, 0.1) is 27.4 Å². The molecule has 1 heterocycles. The molecule has 1 aliphatic heterocycles. The Kier molecular flexibility index (Phi) is 5.01. The van der Waals surface area contributed by atoms with Crippen molar-refractivity contribution in [3.8, 4) is 11.5 Å². The van der Waals surface area contributed by atoms with Crippen molar-refractivity contribution in [3.63, 3.8) is 0 Å². The molecule has 5 heteroatoms. The smallest absolute Gasteiger partial charge is 0.246 e. The number of hydrogen-bond donors (Lipinski definition) is 0. The number of carbonyl (C=O) groups is 1. The highest BCUT2D eigenvalue weighted by molar-refractivity contribution is 5.92. The highest BCUT2D eigenvalue weighted by Crippen LogP contribution is 2.31. The van der Waals surface area contributed by atoms with Crippen LogP contribution in [0, 0.1) is 0 Å². The van der Waals surface area contributed by atoms with Gasteiger partial charge in [0.1, 0.15) is 0 Å². The van der Waals surface area contributed by atoms with Gasteiger partial charge >= 0.3 is 0 Å². The Bertz CT molecular complexity index is 493. The molecule has 5 nitrogen and oxygen atoms in total. The molecule has 1 amide bonds. The number of benzene rings is 1. The number of amides is 1. The molecule has 0 saturated carbocycles. The molecular weight excluding hydrogens is 258 g/mol. The third kappa shape index (κ3) is 3.30. The summed E-state index contributed by atoms with van der Waals surface area (Å²) < 4.78 is 15.8. The minimum absolute atomic E-state index is 0.0156. The van der Waals surface area contributed by atoms with E-state index < -0.39 is 0 Å². The van der Waals surface area contributed by atoms with Gasteiger partial charge in [-0.05, 0) is 12.1 Å². The summed E-state index contributed by atoms with van der Waals surface area (Å²) in [4.78, 5) is 13.8. The van der Waals surface area contributed by atoms with Gasteiger partial charge in [0, 0.05) is 24.7 Å². The predicted molar refractivity (Wildman–Crippen MR) is 76.0 cm³/mol. The van der Waals surface area contributed by atoms with Gasteiger partial charge in [-0.25, -0.2) is 0 Å². The third-order valence-electron chi connectivity index (χ3n) is 3.16. The van der Waals surface area contributed by atoms with Crippen LogP contribution in [0.15, 0.2) is 24.3 Å². The molecule has 1 aromatic rings. The summed E-state index contributed by atoms with van der Waals surface area (Å²) in [5.74, 6) is 1.26. The third-order valence-corrected chi connectivity index (χ3v) is 3.16. The largest absolute Gasteiger partial charge is 0.493 e. The van der Waals surface area contributed by atoms with Crippen LogP contribution in [0.25, 0.3) is 6.08 Å². The zero-order valence-electron chi connectivity index (χ0n) is 11.8. The number of hydrogen-bond acceptors (Lipinski definition) is 4. The number of methoxy groups -OCH3 is 2. The lowest BCUT2D eigenvalue weighted by Gasteiger charge is -2.25. The Morgan fingerprint density at radius 1 is 1.25 bits per heavy atom. The second-order valence-corrected chi connectivity index (χ2v) is 4.35. The fraction of sp³-hybridized carbons (Fsp3) is 0.400. The van der Waals surface area contributed by atoms with E-state index in [1.165, 1.54) is 0 Å². The second kappa shape index (κ2) is 6.96. The van der Waals surface area contributed by atoms with Gasteiger partial charge in [-0.1, -0.05) is 12.1 Å². The molecule has 0 atom stereocenters. The Balaban J connectivity index is 2.12. The molecule has 20 heavy (non-hydrogen) atoms. The summed E-state index contributed by atoms with van der Waals surface area (Å²) in [6.07, 6.45) is 3.31. The molecule has 1 aliphatic rings. The van der Waals surface area contributed by atoms with Crippen molar-refractivity contribution < 1.29 is 19.0 Å². The topological polar surface area (TPSA) is 48.0 Å². The maximum atomic E-state index is 12.0. The molecular formula is C15H19NO4. The first-order valence-electron chi connectivity index (χ1n) is 6.52. The lowest BCUT2D eigenvalue weighted by Crippen LogP contribution is -2.39. The molecule has 0 spiro atoms. The van der Waals surface area contributed by atoms with Crippen molar-refractivity contribution in [1.29, 1.82) is 0 Å². The molecule has 108 valence electrons. The van der Waals surface area contributed by atoms with Crippen LogP contribution in [-0.2, 0) is 9.53 Å². The summed E-state index contributed by atoms with van der Waals surface area (Å²) in [6, 6.07) is 5.56. The molecule has 1 aromatic carbocycles. The van der Waals surface area contributed by atoms with E-state index in [0.717, 1.165) is 5.56 Å². The Morgan fingerprint density at radius 2 is 2.00 bits per heavy atom. The molecule has 0 aromatic heterocycles. The van der Waals surface area contributed by atoms with Gasteiger partial charge in [-0.2, -0.15) is 0 Å². The van der Waals surface area contributed by atoms with Crippen LogP contribution in [0.5, 0.6) is 11.5 Å². The Labute approximate surface area is 118 Å². The second-order valence-electron chi connectivity index (χ2n) is 4.35. The van der Waals surface area contributed by atoms with E-state index in [9.17, 15) is 4.79 Å². The van der Waals surface area contributed by atoms with Crippen molar-refractivity contribution in [2.24, 2.45) is 0 Å². The quantitative estimate of drug-likeness (QED) is 0.784. The molecule has 1 fully saturated rings. The van der Waals surface area contributed by atoms with Crippen LogP contribution < -0.4 is 9.47 Å². The van der Waals surface area contributed by atoms with Crippen molar-refractivity contribution in [1.82, 2.24) is 4.90 Å². The van der Waals surface area contributed by atoms with E-state index in [0.29, 0.717) is 37.8 Å². The van der Waals surface area contributed by atoms with Crippen LogP contribution in [0.3, 0.4) is 0 Å². The van der Waals surface area contributed by atoms with Crippen LogP contribution >= 0.6 is 0 Å².